The lowest BCUT2D eigenvalue weighted by molar-refractivity contribution is -0.0508. The van der Waals surface area contributed by atoms with Crippen molar-refractivity contribution in [3.05, 3.63) is 11.1 Å². The van der Waals surface area contributed by atoms with Crippen molar-refractivity contribution in [2.75, 3.05) is 13.1 Å². The van der Waals surface area contributed by atoms with Crippen LogP contribution in [0.4, 0.5) is 0 Å². The standard InChI is InChI=1S/C15H24ClN/c1-11(16)2-3-17-10-15-7-12-4-13(8-15)6-14(5-12)9-15/h2,12-14,17H,3-10H2,1H3/b11-2+. The minimum atomic E-state index is 0.656. The highest BCUT2D eigenvalue weighted by Crippen LogP contribution is 2.59. The zero-order valence-electron chi connectivity index (χ0n) is 10.8. The van der Waals surface area contributed by atoms with Gasteiger partial charge in [-0.1, -0.05) is 17.7 Å². The fraction of sp³-hybridized carbons (Fsp3) is 0.867. The zero-order valence-corrected chi connectivity index (χ0v) is 11.6. The van der Waals surface area contributed by atoms with E-state index in [-0.39, 0.29) is 0 Å². The van der Waals surface area contributed by atoms with E-state index in [1.54, 1.807) is 19.3 Å². The molecule has 2 heteroatoms. The topological polar surface area (TPSA) is 12.0 Å². The normalized spacial score (nSPS) is 44.4. The molecule has 0 radical (unpaired) electrons. The first-order chi connectivity index (χ1) is 8.15. The molecule has 0 aromatic rings. The molecule has 0 aromatic heterocycles. The van der Waals surface area contributed by atoms with Crippen molar-refractivity contribution < 1.29 is 0 Å². The molecule has 0 aromatic carbocycles. The maximum atomic E-state index is 5.85. The first-order valence-corrected chi connectivity index (χ1v) is 7.56. The lowest BCUT2D eigenvalue weighted by Gasteiger charge is -2.57. The van der Waals surface area contributed by atoms with Crippen molar-refractivity contribution in [1.82, 2.24) is 5.32 Å². The Hall–Kier alpha value is -0.0100. The first kappa shape index (κ1) is 12.0. The lowest BCUT2D eigenvalue weighted by Crippen LogP contribution is -2.50. The molecule has 0 atom stereocenters. The van der Waals surface area contributed by atoms with Crippen LogP contribution < -0.4 is 5.32 Å². The van der Waals surface area contributed by atoms with E-state index in [0.29, 0.717) is 5.41 Å². The fourth-order valence-electron chi connectivity index (χ4n) is 5.06. The molecule has 0 heterocycles. The highest BCUT2D eigenvalue weighted by atomic mass is 35.5. The van der Waals surface area contributed by atoms with Gasteiger partial charge in [0, 0.05) is 18.1 Å². The van der Waals surface area contributed by atoms with Crippen molar-refractivity contribution in [3.8, 4) is 0 Å². The molecule has 4 rings (SSSR count). The second kappa shape index (κ2) is 4.59. The molecule has 4 aliphatic rings. The predicted molar refractivity (Wildman–Crippen MR) is 73.1 cm³/mol. The second-order valence-electron chi connectivity index (χ2n) is 6.84. The van der Waals surface area contributed by atoms with Crippen molar-refractivity contribution in [3.63, 3.8) is 0 Å². The average molecular weight is 254 g/mol. The summed E-state index contributed by atoms with van der Waals surface area (Å²) in [6, 6.07) is 0. The van der Waals surface area contributed by atoms with E-state index >= 15 is 0 Å². The molecule has 0 spiro atoms. The van der Waals surface area contributed by atoms with E-state index in [2.05, 4.69) is 11.4 Å². The zero-order chi connectivity index (χ0) is 11.9. The smallest absolute Gasteiger partial charge is 0.0149 e. The monoisotopic (exact) mass is 253 g/mol. The Bertz CT molecular complexity index is 282. The number of hydrogen-bond acceptors (Lipinski definition) is 1. The van der Waals surface area contributed by atoms with E-state index in [1.165, 1.54) is 25.8 Å². The largest absolute Gasteiger partial charge is 0.313 e. The van der Waals surface area contributed by atoms with Gasteiger partial charge >= 0.3 is 0 Å². The van der Waals surface area contributed by atoms with Gasteiger partial charge in [-0.25, -0.2) is 0 Å². The predicted octanol–water partition coefficient (Wildman–Crippen LogP) is 3.94. The molecule has 17 heavy (non-hydrogen) atoms. The number of halogens is 1. The number of hydrogen-bond donors (Lipinski definition) is 1. The van der Waals surface area contributed by atoms with Gasteiger partial charge in [0.1, 0.15) is 0 Å². The van der Waals surface area contributed by atoms with Crippen LogP contribution in [0.1, 0.15) is 45.4 Å². The van der Waals surface area contributed by atoms with Gasteiger partial charge in [-0.15, -0.1) is 0 Å². The molecule has 0 unspecified atom stereocenters. The van der Waals surface area contributed by atoms with E-state index in [9.17, 15) is 0 Å². The molecule has 4 bridgehead atoms. The number of nitrogens with one attached hydrogen (secondary N) is 1. The highest BCUT2D eigenvalue weighted by Gasteiger charge is 2.50. The third-order valence-electron chi connectivity index (χ3n) is 5.19. The maximum Gasteiger partial charge on any atom is 0.0149 e. The van der Waals surface area contributed by atoms with E-state index < -0.39 is 0 Å². The Labute approximate surface area is 110 Å². The Kier molecular flexibility index (Phi) is 3.25. The van der Waals surface area contributed by atoms with Gasteiger partial charge in [-0.3, -0.25) is 0 Å². The fourth-order valence-corrected chi connectivity index (χ4v) is 5.13. The molecule has 4 saturated carbocycles. The van der Waals surface area contributed by atoms with E-state index in [4.69, 9.17) is 11.6 Å². The molecule has 0 amide bonds. The SMILES string of the molecule is C/C(Cl)=C\CNCC12CC3CC(CC(C3)C1)C2. The van der Waals surface area contributed by atoms with Crippen LogP contribution in [0.3, 0.4) is 0 Å². The summed E-state index contributed by atoms with van der Waals surface area (Å²) < 4.78 is 0. The van der Waals surface area contributed by atoms with Gasteiger partial charge in [0.25, 0.3) is 0 Å². The second-order valence-corrected chi connectivity index (χ2v) is 7.44. The minimum absolute atomic E-state index is 0.656. The van der Waals surface area contributed by atoms with Crippen molar-refractivity contribution in [1.29, 1.82) is 0 Å². The molecular formula is C15H24ClN. The third kappa shape index (κ3) is 2.56. The van der Waals surface area contributed by atoms with Crippen LogP contribution in [0.2, 0.25) is 0 Å². The van der Waals surface area contributed by atoms with Crippen LogP contribution >= 0.6 is 11.6 Å². The quantitative estimate of drug-likeness (QED) is 0.749. The summed E-state index contributed by atoms with van der Waals surface area (Å²) in [5.41, 5.74) is 0.656. The van der Waals surface area contributed by atoms with Gasteiger partial charge in [0.05, 0.1) is 0 Å². The maximum absolute atomic E-state index is 5.85. The van der Waals surface area contributed by atoms with Gasteiger partial charge in [-0.2, -0.15) is 0 Å². The van der Waals surface area contributed by atoms with Crippen LogP contribution in [0, 0.1) is 23.2 Å². The summed E-state index contributed by atoms with van der Waals surface area (Å²) in [6.07, 6.45) is 11.2. The lowest BCUT2D eigenvalue weighted by atomic mass is 9.49. The Balaban J connectivity index is 1.57. The van der Waals surface area contributed by atoms with Crippen LogP contribution in [-0.2, 0) is 0 Å². The summed E-state index contributed by atoms with van der Waals surface area (Å²) >= 11 is 5.85. The van der Waals surface area contributed by atoms with Crippen molar-refractivity contribution in [2.24, 2.45) is 23.2 Å². The Morgan fingerprint density at radius 3 is 2.18 bits per heavy atom. The van der Waals surface area contributed by atoms with Gasteiger partial charge in [0.15, 0.2) is 0 Å². The van der Waals surface area contributed by atoms with E-state index in [1.807, 2.05) is 6.92 Å². The van der Waals surface area contributed by atoms with Crippen LogP contribution in [0.5, 0.6) is 0 Å². The van der Waals surface area contributed by atoms with Crippen LogP contribution in [-0.4, -0.2) is 13.1 Å². The first-order valence-electron chi connectivity index (χ1n) is 7.18. The molecule has 4 aliphatic carbocycles. The Morgan fingerprint density at radius 1 is 1.18 bits per heavy atom. The Morgan fingerprint density at radius 2 is 1.71 bits per heavy atom. The van der Waals surface area contributed by atoms with Crippen molar-refractivity contribution in [2.45, 2.75) is 45.4 Å². The average Bonchev–Trinajstić information content (AvgIpc) is 2.22. The van der Waals surface area contributed by atoms with Gasteiger partial charge < -0.3 is 5.32 Å². The van der Waals surface area contributed by atoms with Gasteiger partial charge in [0.2, 0.25) is 0 Å². The molecule has 96 valence electrons. The molecule has 1 nitrogen and oxygen atoms in total. The minimum Gasteiger partial charge on any atom is -0.313 e. The number of rotatable bonds is 4. The summed E-state index contributed by atoms with van der Waals surface area (Å²) in [5.74, 6) is 3.19. The highest BCUT2D eigenvalue weighted by molar-refractivity contribution is 6.29. The van der Waals surface area contributed by atoms with Crippen LogP contribution in [0.25, 0.3) is 0 Å². The summed E-state index contributed by atoms with van der Waals surface area (Å²) in [7, 11) is 0. The summed E-state index contributed by atoms with van der Waals surface area (Å²) in [6.45, 7) is 4.11. The van der Waals surface area contributed by atoms with Crippen molar-refractivity contribution >= 4 is 11.6 Å². The molecule has 0 saturated heterocycles. The van der Waals surface area contributed by atoms with Gasteiger partial charge in [-0.05, 0) is 68.6 Å². The van der Waals surface area contributed by atoms with Crippen LogP contribution in [0.15, 0.2) is 11.1 Å². The summed E-state index contributed by atoms with van der Waals surface area (Å²) in [4.78, 5) is 0. The number of allylic oxidation sites excluding steroid dienone is 1. The molecule has 1 N–H and O–H groups in total. The molecule has 0 aliphatic heterocycles. The molecule has 4 fully saturated rings. The molecular weight excluding hydrogens is 230 g/mol. The third-order valence-corrected chi connectivity index (χ3v) is 5.35. The van der Waals surface area contributed by atoms with E-state index in [0.717, 1.165) is 29.3 Å². The summed E-state index contributed by atoms with van der Waals surface area (Å²) in [5, 5.41) is 4.52.